The van der Waals surface area contributed by atoms with Crippen LogP contribution >= 0.6 is 15.9 Å². The fraction of sp³-hybridized carbons (Fsp3) is 0.455. The second kappa shape index (κ2) is 8.03. The van der Waals surface area contributed by atoms with Gasteiger partial charge in [0.2, 0.25) is 0 Å². The SMILES string of the molecule is CC(C)O[C@@H]1CC2(CCN(C(=O)c3ccc(Br)cn3)CC2)Oc2ccc(F)cc21. The van der Waals surface area contributed by atoms with E-state index in [2.05, 4.69) is 20.9 Å². The Balaban J connectivity index is 1.50. The maximum absolute atomic E-state index is 13.8. The average molecular weight is 463 g/mol. The number of benzene rings is 1. The van der Waals surface area contributed by atoms with Gasteiger partial charge in [0.25, 0.3) is 5.91 Å². The molecular weight excluding hydrogens is 439 g/mol. The number of amides is 1. The lowest BCUT2D eigenvalue weighted by Crippen LogP contribution is -2.52. The monoisotopic (exact) mass is 462 g/mol. The number of carbonyl (C=O) groups is 1. The molecule has 1 spiro atoms. The van der Waals surface area contributed by atoms with E-state index in [4.69, 9.17) is 9.47 Å². The van der Waals surface area contributed by atoms with Crippen molar-refractivity contribution in [1.82, 2.24) is 9.88 Å². The molecule has 1 aromatic carbocycles. The first kappa shape index (κ1) is 20.3. The van der Waals surface area contributed by atoms with E-state index in [0.29, 0.717) is 43.8 Å². The molecule has 154 valence electrons. The average Bonchev–Trinajstić information content (AvgIpc) is 2.69. The van der Waals surface area contributed by atoms with Crippen LogP contribution in [0.2, 0.25) is 0 Å². The number of likely N-dealkylation sites (tertiary alicyclic amines) is 1. The summed E-state index contributed by atoms with van der Waals surface area (Å²) in [6.07, 6.45) is 3.49. The maximum atomic E-state index is 13.8. The molecule has 1 amide bonds. The van der Waals surface area contributed by atoms with Gasteiger partial charge in [-0.1, -0.05) is 0 Å². The smallest absolute Gasteiger partial charge is 0.272 e. The number of pyridine rings is 1. The van der Waals surface area contributed by atoms with E-state index in [1.54, 1.807) is 18.3 Å². The molecule has 2 aliphatic rings. The lowest BCUT2D eigenvalue weighted by Gasteiger charge is -2.47. The van der Waals surface area contributed by atoms with Crippen LogP contribution < -0.4 is 4.74 Å². The molecule has 0 bridgehead atoms. The van der Waals surface area contributed by atoms with Gasteiger partial charge in [0, 0.05) is 48.6 Å². The summed E-state index contributed by atoms with van der Waals surface area (Å²) in [6, 6.07) is 8.16. The van der Waals surface area contributed by atoms with Crippen LogP contribution in [0.3, 0.4) is 0 Å². The van der Waals surface area contributed by atoms with Gasteiger partial charge < -0.3 is 14.4 Å². The van der Waals surface area contributed by atoms with Gasteiger partial charge in [0.1, 0.15) is 22.9 Å². The number of nitrogens with zero attached hydrogens (tertiary/aromatic N) is 2. The van der Waals surface area contributed by atoms with E-state index in [-0.39, 0.29) is 23.9 Å². The number of rotatable bonds is 3. The van der Waals surface area contributed by atoms with Crippen molar-refractivity contribution < 1.29 is 18.7 Å². The van der Waals surface area contributed by atoms with Crippen LogP contribution in [0.25, 0.3) is 0 Å². The predicted molar refractivity (Wildman–Crippen MR) is 110 cm³/mol. The predicted octanol–water partition coefficient (Wildman–Crippen LogP) is 4.91. The van der Waals surface area contributed by atoms with Crippen LogP contribution in [0.5, 0.6) is 5.75 Å². The molecule has 0 N–H and O–H groups in total. The third kappa shape index (κ3) is 4.31. The molecule has 2 aliphatic heterocycles. The number of ether oxygens (including phenoxy) is 2. The van der Waals surface area contributed by atoms with Crippen molar-refractivity contribution in [2.45, 2.75) is 50.9 Å². The number of carbonyl (C=O) groups excluding carboxylic acids is 1. The molecule has 0 saturated carbocycles. The van der Waals surface area contributed by atoms with Crippen molar-refractivity contribution in [3.8, 4) is 5.75 Å². The first-order valence-electron chi connectivity index (χ1n) is 9.90. The van der Waals surface area contributed by atoms with Crippen molar-refractivity contribution in [3.05, 3.63) is 58.1 Å². The fourth-order valence-corrected chi connectivity index (χ4v) is 4.36. The highest BCUT2D eigenvalue weighted by molar-refractivity contribution is 9.10. The van der Waals surface area contributed by atoms with E-state index < -0.39 is 5.60 Å². The van der Waals surface area contributed by atoms with Crippen molar-refractivity contribution in [1.29, 1.82) is 0 Å². The third-order valence-corrected chi connectivity index (χ3v) is 6.02. The first-order valence-corrected chi connectivity index (χ1v) is 10.7. The Bertz CT molecular complexity index is 895. The Labute approximate surface area is 178 Å². The molecule has 7 heteroatoms. The van der Waals surface area contributed by atoms with Gasteiger partial charge in [0.05, 0.1) is 12.2 Å². The molecule has 1 saturated heterocycles. The van der Waals surface area contributed by atoms with E-state index in [1.165, 1.54) is 12.1 Å². The summed E-state index contributed by atoms with van der Waals surface area (Å²) in [5, 5.41) is 0. The van der Waals surface area contributed by atoms with Crippen molar-refractivity contribution in [2.24, 2.45) is 0 Å². The largest absolute Gasteiger partial charge is 0.487 e. The lowest BCUT2D eigenvalue weighted by molar-refractivity contribution is -0.0874. The zero-order valence-corrected chi connectivity index (χ0v) is 18.1. The van der Waals surface area contributed by atoms with E-state index in [0.717, 1.165) is 10.0 Å². The molecule has 1 atom stereocenters. The van der Waals surface area contributed by atoms with Gasteiger partial charge in [-0.15, -0.1) is 0 Å². The maximum Gasteiger partial charge on any atom is 0.272 e. The highest BCUT2D eigenvalue weighted by Gasteiger charge is 2.45. The summed E-state index contributed by atoms with van der Waals surface area (Å²) in [5.41, 5.74) is 0.798. The number of halogens is 2. The minimum atomic E-state index is -0.408. The number of aromatic nitrogens is 1. The molecule has 5 nitrogen and oxygen atoms in total. The second-order valence-corrected chi connectivity index (χ2v) is 8.91. The highest BCUT2D eigenvalue weighted by Crippen LogP contribution is 2.46. The Kier molecular flexibility index (Phi) is 5.62. The number of hydrogen-bond donors (Lipinski definition) is 0. The standard InChI is InChI=1S/C22H24BrFN2O3/c1-14(2)28-20-12-22(29-19-6-4-16(24)11-17(19)20)7-9-26(10-8-22)21(27)18-5-3-15(23)13-25-18/h3-6,11,13-14,20H,7-10,12H2,1-2H3/t20-/m1/s1. The lowest BCUT2D eigenvalue weighted by atomic mass is 9.81. The van der Waals surface area contributed by atoms with Crippen LogP contribution in [0.15, 0.2) is 41.0 Å². The first-order chi connectivity index (χ1) is 13.8. The Morgan fingerprint density at radius 3 is 2.72 bits per heavy atom. The quantitative estimate of drug-likeness (QED) is 0.650. The fourth-order valence-electron chi connectivity index (χ4n) is 4.12. The highest BCUT2D eigenvalue weighted by atomic mass is 79.9. The second-order valence-electron chi connectivity index (χ2n) is 8.00. The van der Waals surface area contributed by atoms with Gasteiger partial charge >= 0.3 is 0 Å². The van der Waals surface area contributed by atoms with Crippen molar-refractivity contribution in [2.75, 3.05) is 13.1 Å². The molecule has 1 aromatic heterocycles. The normalized spacial score (nSPS) is 20.4. The van der Waals surface area contributed by atoms with E-state index in [9.17, 15) is 9.18 Å². The summed E-state index contributed by atoms with van der Waals surface area (Å²) in [7, 11) is 0. The summed E-state index contributed by atoms with van der Waals surface area (Å²) in [5.74, 6) is 0.321. The molecule has 0 aliphatic carbocycles. The van der Waals surface area contributed by atoms with Gasteiger partial charge in [-0.3, -0.25) is 4.79 Å². The summed E-state index contributed by atoms with van der Waals surface area (Å²) < 4.78 is 27.1. The van der Waals surface area contributed by atoms with Crippen molar-refractivity contribution in [3.63, 3.8) is 0 Å². The molecule has 4 rings (SSSR count). The number of piperidine rings is 1. The third-order valence-electron chi connectivity index (χ3n) is 5.55. The molecule has 2 aromatic rings. The topological polar surface area (TPSA) is 51.7 Å². The minimum absolute atomic E-state index is 0.0245. The van der Waals surface area contributed by atoms with Gasteiger partial charge in [-0.05, 0) is 60.1 Å². The minimum Gasteiger partial charge on any atom is -0.487 e. The molecule has 3 heterocycles. The molecule has 0 unspecified atom stereocenters. The summed E-state index contributed by atoms with van der Waals surface area (Å²) in [4.78, 5) is 18.8. The number of hydrogen-bond acceptors (Lipinski definition) is 4. The van der Waals surface area contributed by atoms with Crippen LogP contribution in [0, 0.1) is 5.82 Å². The number of fused-ring (bicyclic) bond motifs is 1. The van der Waals surface area contributed by atoms with Gasteiger partial charge in [-0.25, -0.2) is 9.37 Å². The Morgan fingerprint density at radius 2 is 2.07 bits per heavy atom. The van der Waals surface area contributed by atoms with Gasteiger partial charge in [-0.2, -0.15) is 0 Å². The molecule has 1 fully saturated rings. The van der Waals surface area contributed by atoms with E-state index >= 15 is 0 Å². The summed E-state index contributed by atoms with van der Waals surface area (Å²) in [6.45, 7) is 5.13. The molecular formula is C22H24BrFN2O3. The summed E-state index contributed by atoms with van der Waals surface area (Å²) >= 11 is 3.34. The Hall–Kier alpha value is -1.99. The van der Waals surface area contributed by atoms with Crippen LogP contribution in [-0.2, 0) is 4.74 Å². The molecule has 0 radical (unpaired) electrons. The van der Waals surface area contributed by atoms with E-state index in [1.807, 2.05) is 24.8 Å². The van der Waals surface area contributed by atoms with Crippen molar-refractivity contribution >= 4 is 21.8 Å². The Morgan fingerprint density at radius 1 is 1.31 bits per heavy atom. The molecule has 29 heavy (non-hydrogen) atoms. The van der Waals surface area contributed by atoms with Crippen LogP contribution in [0.1, 0.15) is 55.3 Å². The van der Waals surface area contributed by atoms with Gasteiger partial charge in [0.15, 0.2) is 0 Å². The zero-order chi connectivity index (χ0) is 20.6. The van der Waals surface area contributed by atoms with Crippen LogP contribution in [-0.4, -0.2) is 40.6 Å². The van der Waals surface area contributed by atoms with Crippen LogP contribution in [0.4, 0.5) is 4.39 Å². The zero-order valence-electron chi connectivity index (χ0n) is 16.5.